The van der Waals surface area contributed by atoms with E-state index in [-0.39, 0.29) is 36.8 Å². The van der Waals surface area contributed by atoms with Crippen LogP contribution in [0.25, 0.3) is 0 Å². The molecule has 0 aromatic carbocycles. The van der Waals surface area contributed by atoms with Crippen molar-refractivity contribution in [3.05, 3.63) is 0 Å². The summed E-state index contributed by atoms with van der Waals surface area (Å²) in [6.45, 7) is 5.51. The molecule has 0 bridgehead atoms. The van der Waals surface area contributed by atoms with Gasteiger partial charge in [0.15, 0.2) is 0 Å². The highest BCUT2D eigenvalue weighted by Crippen LogP contribution is 2.24. The van der Waals surface area contributed by atoms with Crippen molar-refractivity contribution in [3.63, 3.8) is 0 Å². The number of hydrogen-bond donors (Lipinski definition) is 1. The zero-order chi connectivity index (χ0) is 15.8. The van der Waals surface area contributed by atoms with E-state index in [2.05, 4.69) is 4.90 Å². The summed E-state index contributed by atoms with van der Waals surface area (Å²) in [4.78, 5) is 16.9. The number of carbonyl (C=O) groups excluding carboxylic acids is 1. The summed E-state index contributed by atoms with van der Waals surface area (Å²) < 4.78 is 5.23. The van der Waals surface area contributed by atoms with Crippen molar-refractivity contribution < 1.29 is 9.53 Å². The number of nitrogens with two attached hydrogens (primary N) is 1. The topological polar surface area (TPSA) is 58.8 Å². The van der Waals surface area contributed by atoms with Gasteiger partial charge in [0.2, 0.25) is 5.91 Å². The highest BCUT2D eigenvalue weighted by Gasteiger charge is 2.23. The molecule has 1 saturated carbocycles. The molecule has 0 radical (unpaired) electrons. The Morgan fingerprint density at radius 3 is 2.42 bits per heavy atom. The summed E-state index contributed by atoms with van der Waals surface area (Å²) in [7, 11) is 1.62. The Hall–Kier alpha value is -0.0700. The number of halogens is 2. The molecule has 1 atom stereocenters. The summed E-state index contributed by atoms with van der Waals surface area (Å²) in [5, 5.41) is 0. The fourth-order valence-electron chi connectivity index (χ4n) is 3.72. The number of methoxy groups -OCH3 is 1. The highest BCUT2D eigenvalue weighted by atomic mass is 35.5. The molecule has 0 aromatic rings. The first-order valence-electron chi connectivity index (χ1n) is 8.96. The lowest BCUT2D eigenvalue weighted by molar-refractivity contribution is -0.133. The first kappa shape index (κ1) is 23.9. The lowest BCUT2D eigenvalue weighted by atomic mass is 9.89. The molecular weight excluding hydrogens is 349 g/mol. The monoisotopic (exact) mass is 383 g/mol. The van der Waals surface area contributed by atoms with Gasteiger partial charge < -0.3 is 20.3 Å². The Morgan fingerprint density at radius 2 is 1.79 bits per heavy atom. The van der Waals surface area contributed by atoms with Crippen molar-refractivity contribution in [1.82, 2.24) is 9.80 Å². The largest absolute Gasteiger partial charge is 0.380 e. The number of rotatable bonds is 6. The number of ether oxygens (including phenoxy) is 1. The maximum absolute atomic E-state index is 12.3. The Labute approximate surface area is 159 Å². The second-order valence-electron chi connectivity index (χ2n) is 6.84. The van der Waals surface area contributed by atoms with Crippen LogP contribution in [0.3, 0.4) is 0 Å². The molecule has 2 aliphatic rings. The summed E-state index contributed by atoms with van der Waals surface area (Å²) in [6, 6.07) is 0. The highest BCUT2D eigenvalue weighted by molar-refractivity contribution is 5.85. The van der Waals surface area contributed by atoms with E-state index >= 15 is 0 Å². The normalized spacial score (nSPS) is 21.3. The van der Waals surface area contributed by atoms with Gasteiger partial charge in [0.05, 0.1) is 12.5 Å². The number of nitrogens with zero attached hydrogens (tertiary/aromatic N) is 2. The van der Waals surface area contributed by atoms with Crippen molar-refractivity contribution >= 4 is 30.7 Å². The maximum Gasteiger partial charge on any atom is 0.225 e. The fourth-order valence-corrected chi connectivity index (χ4v) is 3.72. The lowest BCUT2D eigenvalue weighted by Gasteiger charge is -2.29. The van der Waals surface area contributed by atoms with Crippen LogP contribution in [0.2, 0.25) is 0 Å². The van der Waals surface area contributed by atoms with Gasteiger partial charge >= 0.3 is 0 Å². The third-order valence-electron chi connectivity index (χ3n) is 5.18. The predicted octanol–water partition coefficient (Wildman–Crippen LogP) is 2.31. The molecule has 1 aliphatic carbocycles. The molecule has 24 heavy (non-hydrogen) atoms. The van der Waals surface area contributed by atoms with E-state index < -0.39 is 0 Å². The van der Waals surface area contributed by atoms with Crippen molar-refractivity contribution in [1.29, 1.82) is 0 Å². The summed E-state index contributed by atoms with van der Waals surface area (Å²) in [5.74, 6) is 1.07. The van der Waals surface area contributed by atoms with E-state index in [4.69, 9.17) is 10.5 Å². The first-order chi connectivity index (χ1) is 10.7. The molecule has 1 aliphatic heterocycles. The number of amides is 1. The lowest BCUT2D eigenvalue weighted by Crippen LogP contribution is -2.39. The van der Waals surface area contributed by atoms with Crippen LogP contribution < -0.4 is 5.73 Å². The van der Waals surface area contributed by atoms with E-state index in [0.29, 0.717) is 13.0 Å². The molecule has 7 heteroatoms. The minimum absolute atomic E-state index is 0. The minimum atomic E-state index is -0.144. The average Bonchev–Trinajstić information content (AvgIpc) is 2.79. The maximum atomic E-state index is 12.3. The van der Waals surface area contributed by atoms with Gasteiger partial charge in [-0.2, -0.15) is 0 Å². The molecule has 0 spiro atoms. The summed E-state index contributed by atoms with van der Waals surface area (Å²) in [5.41, 5.74) is 5.61. The van der Waals surface area contributed by atoms with Gasteiger partial charge in [0.1, 0.15) is 0 Å². The second kappa shape index (κ2) is 13.2. The van der Waals surface area contributed by atoms with Gasteiger partial charge in [0.25, 0.3) is 0 Å². The van der Waals surface area contributed by atoms with Crippen LogP contribution in [0.4, 0.5) is 0 Å². The molecule has 2 rings (SSSR count). The summed E-state index contributed by atoms with van der Waals surface area (Å²) in [6.07, 6.45) is 8.36. The van der Waals surface area contributed by atoms with Gasteiger partial charge in [-0.25, -0.2) is 0 Å². The van der Waals surface area contributed by atoms with E-state index in [0.717, 1.165) is 38.5 Å². The van der Waals surface area contributed by atoms with Crippen molar-refractivity contribution in [2.75, 3.05) is 46.4 Å². The smallest absolute Gasteiger partial charge is 0.225 e. The Kier molecular flexibility index (Phi) is 13.1. The van der Waals surface area contributed by atoms with Crippen molar-refractivity contribution in [3.8, 4) is 0 Å². The van der Waals surface area contributed by atoms with E-state index in [9.17, 15) is 4.79 Å². The van der Waals surface area contributed by atoms with Crippen LogP contribution in [0.15, 0.2) is 0 Å². The zero-order valence-corrected chi connectivity index (χ0v) is 16.6. The first-order valence-corrected chi connectivity index (χ1v) is 8.96. The van der Waals surface area contributed by atoms with E-state index in [1.807, 2.05) is 4.90 Å². The quantitative estimate of drug-likeness (QED) is 0.764. The number of hydrogen-bond acceptors (Lipinski definition) is 4. The van der Waals surface area contributed by atoms with E-state index in [1.54, 1.807) is 7.11 Å². The molecule has 1 unspecified atom stereocenters. The van der Waals surface area contributed by atoms with Gasteiger partial charge in [-0.05, 0) is 31.7 Å². The van der Waals surface area contributed by atoms with Gasteiger partial charge in [-0.3, -0.25) is 4.79 Å². The Balaban J connectivity index is 0.00000264. The predicted molar refractivity (Wildman–Crippen MR) is 103 cm³/mol. The van der Waals surface area contributed by atoms with Crippen LogP contribution in [-0.2, 0) is 9.53 Å². The van der Waals surface area contributed by atoms with Gasteiger partial charge in [-0.15, -0.1) is 24.8 Å². The Bertz CT molecular complexity index is 338. The fraction of sp³-hybridized carbons (Fsp3) is 0.941. The van der Waals surface area contributed by atoms with Crippen LogP contribution in [0, 0.1) is 5.92 Å². The molecule has 2 fully saturated rings. The molecule has 1 heterocycles. The molecule has 5 nitrogen and oxygen atoms in total. The standard InChI is InChI=1S/C17H33N3O2.2ClH/c1-22-16(13-18)12-17(21)20-9-5-8-19(10-11-20)14-15-6-3-2-4-7-15;;/h15-16H,2-14,18H2,1H3;2*1H. The van der Waals surface area contributed by atoms with Gasteiger partial charge in [0, 0.05) is 39.8 Å². The molecule has 1 saturated heterocycles. The molecule has 0 aromatic heterocycles. The average molecular weight is 384 g/mol. The SMILES string of the molecule is COC(CN)CC(=O)N1CCCN(CC2CCCCC2)CC1.Cl.Cl. The van der Waals surface area contributed by atoms with Crippen LogP contribution in [-0.4, -0.2) is 68.2 Å². The summed E-state index contributed by atoms with van der Waals surface area (Å²) >= 11 is 0. The van der Waals surface area contributed by atoms with Crippen LogP contribution >= 0.6 is 24.8 Å². The third kappa shape index (κ3) is 7.87. The molecule has 1 amide bonds. The van der Waals surface area contributed by atoms with E-state index in [1.165, 1.54) is 38.6 Å². The van der Waals surface area contributed by atoms with Crippen LogP contribution in [0.1, 0.15) is 44.9 Å². The second-order valence-corrected chi connectivity index (χ2v) is 6.84. The van der Waals surface area contributed by atoms with Crippen molar-refractivity contribution in [2.24, 2.45) is 11.7 Å². The molecule has 2 N–H and O–H groups in total. The van der Waals surface area contributed by atoms with Crippen molar-refractivity contribution in [2.45, 2.75) is 51.0 Å². The molecule has 144 valence electrons. The zero-order valence-electron chi connectivity index (χ0n) is 15.0. The minimum Gasteiger partial charge on any atom is -0.380 e. The van der Waals surface area contributed by atoms with Gasteiger partial charge in [-0.1, -0.05) is 19.3 Å². The third-order valence-corrected chi connectivity index (χ3v) is 5.18. The molecular formula is C17H35Cl2N3O2. The number of carbonyl (C=O) groups is 1. The Morgan fingerprint density at radius 1 is 1.08 bits per heavy atom. The van der Waals surface area contributed by atoms with Crippen LogP contribution in [0.5, 0.6) is 0 Å².